The lowest BCUT2D eigenvalue weighted by atomic mass is 9.79. The van der Waals surface area contributed by atoms with Crippen molar-refractivity contribution in [3.05, 3.63) is 87.7 Å². The molecule has 182 valence electrons. The number of aliphatic carboxylic acids is 1. The summed E-state index contributed by atoms with van der Waals surface area (Å²) < 4.78 is 23.3. The minimum absolute atomic E-state index is 0.202. The van der Waals surface area contributed by atoms with Crippen LogP contribution in [0.1, 0.15) is 49.3 Å². The van der Waals surface area contributed by atoms with Crippen LogP contribution in [0.5, 0.6) is 5.75 Å². The SMILES string of the molecule is Cc1ccc(COc2ccc3nc(C(C)C(C)(C)C(=O)O)n(Cc4ccc(Br)cc4F)c3c2)nc1. The van der Waals surface area contributed by atoms with E-state index in [0.29, 0.717) is 33.7 Å². The van der Waals surface area contributed by atoms with Crippen molar-refractivity contribution in [3.63, 3.8) is 0 Å². The molecule has 1 unspecified atom stereocenters. The van der Waals surface area contributed by atoms with Gasteiger partial charge in [0.05, 0.1) is 28.7 Å². The van der Waals surface area contributed by atoms with Crippen molar-refractivity contribution in [2.75, 3.05) is 0 Å². The van der Waals surface area contributed by atoms with E-state index in [2.05, 4.69) is 20.9 Å². The van der Waals surface area contributed by atoms with Gasteiger partial charge in [0.25, 0.3) is 0 Å². The highest BCUT2D eigenvalue weighted by molar-refractivity contribution is 9.10. The van der Waals surface area contributed by atoms with Crippen molar-refractivity contribution < 1.29 is 19.0 Å². The summed E-state index contributed by atoms with van der Waals surface area (Å²) in [5.41, 5.74) is 2.71. The molecule has 0 saturated heterocycles. The smallest absolute Gasteiger partial charge is 0.309 e. The minimum atomic E-state index is -1.08. The number of carboxylic acid groups (broad SMARTS) is 1. The topological polar surface area (TPSA) is 77.2 Å². The van der Waals surface area contributed by atoms with Gasteiger partial charge < -0.3 is 14.4 Å². The summed E-state index contributed by atoms with van der Waals surface area (Å²) >= 11 is 3.30. The predicted molar refractivity (Wildman–Crippen MR) is 136 cm³/mol. The molecular formula is C27H27BrFN3O3. The molecule has 4 rings (SSSR count). The summed E-state index contributed by atoms with van der Waals surface area (Å²) in [6.07, 6.45) is 1.79. The number of nitrogens with zero attached hydrogens (tertiary/aromatic N) is 3. The Bertz CT molecular complexity index is 1380. The highest BCUT2D eigenvalue weighted by atomic mass is 79.9. The third-order valence-corrected chi connectivity index (χ3v) is 6.97. The zero-order valence-corrected chi connectivity index (χ0v) is 21.6. The van der Waals surface area contributed by atoms with E-state index in [1.165, 1.54) is 6.07 Å². The molecule has 4 aromatic rings. The van der Waals surface area contributed by atoms with Gasteiger partial charge in [-0.3, -0.25) is 9.78 Å². The van der Waals surface area contributed by atoms with Crippen LogP contribution in [0.3, 0.4) is 0 Å². The molecule has 0 bridgehead atoms. The van der Waals surface area contributed by atoms with Crippen molar-refractivity contribution in [2.45, 2.75) is 46.8 Å². The van der Waals surface area contributed by atoms with Crippen molar-refractivity contribution in [2.24, 2.45) is 5.41 Å². The fourth-order valence-corrected chi connectivity index (χ4v) is 4.11. The molecule has 0 amide bonds. The zero-order valence-electron chi connectivity index (χ0n) is 20.0. The van der Waals surface area contributed by atoms with Crippen molar-refractivity contribution in [3.8, 4) is 5.75 Å². The number of pyridine rings is 1. The number of rotatable bonds is 8. The van der Waals surface area contributed by atoms with Crippen LogP contribution in [0.2, 0.25) is 0 Å². The minimum Gasteiger partial charge on any atom is -0.487 e. The summed E-state index contributed by atoms with van der Waals surface area (Å²) in [6.45, 7) is 7.67. The summed E-state index contributed by atoms with van der Waals surface area (Å²) in [6, 6.07) is 14.3. The summed E-state index contributed by atoms with van der Waals surface area (Å²) in [5, 5.41) is 9.81. The third-order valence-electron chi connectivity index (χ3n) is 6.47. The van der Waals surface area contributed by atoms with Crippen LogP contribution in [-0.2, 0) is 17.9 Å². The molecule has 1 atom stereocenters. The molecule has 2 aromatic heterocycles. The largest absolute Gasteiger partial charge is 0.487 e. The van der Waals surface area contributed by atoms with Gasteiger partial charge in [0.2, 0.25) is 0 Å². The van der Waals surface area contributed by atoms with Crippen LogP contribution in [0.15, 0.2) is 59.2 Å². The van der Waals surface area contributed by atoms with Crippen LogP contribution in [-0.4, -0.2) is 25.6 Å². The molecule has 0 saturated carbocycles. The van der Waals surface area contributed by atoms with Crippen LogP contribution in [0.25, 0.3) is 11.0 Å². The van der Waals surface area contributed by atoms with Gasteiger partial charge in [-0.1, -0.05) is 35.0 Å². The fourth-order valence-electron chi connectivity index (χ4n) is 3.78. The maximum Gasteiger partial charge on any atom is 0.309 e. The second kappa shape index (κ2) is 9.77. The molecular weight excluding hydrogens is 513 g/mol. The van der Waals surface area contributed by atoms with Gasteiger partial charge in [0, 0.05) is 28.2 Å². The molecule has 0 fully saturated rings. The molecule has 0 radical (unpaired) electrons. The van der Waals surface area contributed by atoms with E-state index >= 15 is 0 Å². The molecule has 8 heteroatoms. The summed E-state index contributed by atoms with van der Waals surface area (Å²) in [4.78, 5) is 21.1. The lowest BCUT2D eigenvalue weighted by molar-refractivity contribution is -0.148. The van der Waals surface area contributed by atoms with E-state index in [1.807, 2.05) is 48.7 Å². The van der Waals surface area contributed by atoms with E-state index in [-0.39, 0.29) is 12.4 Å². The average molecular weight is 540 g/mol. The maximum absolute atomic E-state index is 14.8. The Balaban J connectivity index is 1.76. The Labute approximate surface area is 211 Å². The van der Waals surface area contributed by atoms with E-state index < -0.39 is 17.3 Å². The highest BCUT2D eigenvalue weighted by Crippen LogP contribution is 2.37. The van der Waals surface area contributed by atoms with Crippen molar-refractivity contribution in [1.82, 2.24) is 14.5 Å². The van der Waals surface area contributed by atoms with Crippen molar-refractivity contribution in [1.29, 1.82) is 0 Å². The molecule has 0 spiro atoms. The molecule has 2 aromatic carbocycles. The maximum atomic E-state index is 14.8. The Morgan fingerprint density at radius 3 is 2.63 bits per heavy atom. The average Bonchev–Trinajstić information content (AvgIpc) is 3.17. The van der Waals surface area contributed by atoms with Gasteiger partial charge >= 0.3 is 5.97 Å². The van der Waals surface area contributed by atoms with Gasteiger partial charge in [-0.15, -0.1) is 0 Å². The Kier molecular flexibility index (Phi) is 6.94. The first-order valence-corrected chi connectivity index (χ1v) is 12.1. The molecule has 2 heterocycles. The summed E-state index contributed by atoms with van der Waals surface area (Å²) in [7, 11) is 0. The standard InChI is InChI=1S/C27H27BrFN3O3/c1-16-5-8-20(30-13-16)15-35-21-9-10-23-24(12-21)32(14-18-6-7-19(28)11-22(18)29)25(31-23)17(2)27(3,4)26(33)34/h5-13,17H,14-15H2,1-4H3,(H,33,34). The monoisotopic (exact) mass is 539 g/mol. The van der Waals surface area contributed by atoms with Crippen LogP contribution in [0, 0.1) is 18.2 Å². The second-order valence-electron chi connectivity index (χ2n) is 9.31. The molecule has 6 nitrogen and oxygen atoms in total. The van der Waals surface area contributed by atoms with Gasteiger partial charge in [-0.05, 0) is 56.7 Å². The first-order chi connectivity index (χ1) is 16.6. The number of hydrogen-bond acceptors (Lipinski definition) is 4. The lowest BCUT2D eigenvalue weighted by Gasteiger charge is -2.27. The number of fused-ring (bicyclic) bond motifs is 1. The van der Waals surface area contributed by atoms with Crippen LogP contribution in [0.4, 0.5) is 4.39 Å². The van der Waals surface area contributed by atoms with Gasteiger partial charge in [-0.25, -0.2) is 9.37 Å². The number of imidazole rings is 1. The molecule has 1 N–H and O–H groups in total. The molecule has 35 heavy (non-hydrogen) atoms. The molecule has 0 aliphatic heterocycles. The quantitative estimate of drug-likeness (QED) is 0.277. The predicted octanol–water partition coefficient (Wildman–Crippen LogP) is 6.48. The highest BCUT2D eigenvalue weighted by Gasteiger charge is 2.38. The number of halogens is 2. The van der Waals surface area contributed by atoms with E-state index in [0.717, 1.165) is 16.8 Å². The van der Waals surface area contributed by atoms with E-state index in [1.54, 1.807) is 32.2 Å². The summed E-state index contributed by atoms with van der Waals surface area (Å²) in [5.74, 6) is -0.517. The number of ether oxygens (including phenoxy) is 1. The molecule has 0 aliphatic rings. The Morgan fingerprint density at radius 1 is 1.20 bits per heavy atom. The van der Waals surface area contributed by atoms with E-state index in [4.69, 9.17) is 9.72 Å². The Morgan fingerprint density at radius 2 is 1.97 bits per heavy atom. The first kappa shape index (κ1) is 24.9. The number of hydrogen-bond donors (Lipinski definition) is 1. The second-order valence-corrected chi connectivity index (χ2v) is 10.2. The van der Waals surface area contributed by atoms with Crippen molar-refractivity contribution >= 4 is 32.9 Å². The third kappa shape index (κ3) is 5.22. The first-order valence-electron chi connectivity index (χ1n) is 11.3. The van der Waals surface area contributed by atoms with E-state index in [9.17, 15) is 14.3 Å². The van der Waals surface area contributed by atoms with Gasteiger partial charge in [0.15, 0.2) is 0 Å². The lowest BCUT2D eigenvalue weighted by Crippen LogP contribution is -2.31. The molecule has 0 aliphatic carbocycles. The number of carboxylic acids is 1. The van der Waals surface area contributed by atoms with Gasteiger partial charge in [0.1, 0.15) is 24.0 Å². The number of aryl methyl sites for hydroxylation is 1. The Hall–Kier alpha value is -3.26. The fraction of sp³-hybridized carbons (Fsp3) is 0.296. The van der Waals surface area contributed by atoms with Gasteiger partial charge in [-0.2, -0.15) is 0 Å². The number of benzene rings is 2. The zero-order chi connectivity index (χ0) is 25.3. The normalized spacial score (nSPS) is 12.6. The number of aromatic nitrogens is 3. The number of carbonyl (C=O) groups is 1. The van der Waals surface area contributed by atoms with Crippen LogP contribution >= 0.6 is 15.9 Å². The van der Waals surface area contributed by atoms with Crippen LogP contribution < -0.4 is 4.74 Å².